The maximum absolute atomic E-state index is 14.0. The van der Waals surface area contributed by atoms with Crippen molar-refractivity contribution in [3.05, 3.63) is 63.8 Å². The molecule has 1 aliphatic rings. The summed E-state index contributed by atoms with van der Waals surface area (Å²) in [4.78, 5) is 0.731. The fraction of sp³-hybridized carbons (Fsp3) is 0.125. The molecule has 2 heterocycles. The lowest BCUT2D eigenvalue weighted by Crippen LogP contribution is -2.05. The van der Waals surface area contributed by atoms with Gasteiger partial charge in [-0.05, 0) is 23.1 Å². The van der Waals surface area contributed by atoms with Crippen LogP contribution in [-0.2, 0) is 5.75 Å². The molecule has 112 valence electrons. The lowest BCUT2D eigenvalue weighted by atomic mass is 9.96. The van der Waals surface area contributed by atoms with Gasteiger partial charge in [0.2, 0.25) is 0 Å². The van der Waals surface area contributed by atoms with Crippen molar-refractivity contribution in [1.29, 1.82) is 0 Å². The Morgan fingerprint density at radius 2 is 1.82 bits per heavy atom. The third kappa shape index (κ3) is 1.98. The largest absolute Gasteiger partial charge is 0.384 e. The molecule has 1 nitrogen and oxygen atoms in total. The fourth-order valence-electron chi connectivity index (χ4n) is 2.75. The molecule has 1 aliphatic heterocycles. The summed E-state index contributed by atoms with van der Waals surface area (Å²) in [6, 6.07) is 7.33. The molecule has 0 saturated carbocycles. The van der Waals surface area contributed by atoms with E-state index < -0.39 is 17.7 Å². The average molecular weight is 338 g/mol. The second-order valence-electron chi connectivity index (χ2n) is 5.07. The molecule has 0 radical (unpaired) electrons. The maximum Gasteiger partial charge on any atom is 0.177 e. The van der Waals surface area contributed by atoms with E-state index >= 15 is 0 Å². The maximum atomic E-state index is 14.0. The van der Waals surface area contributed by atoms with Crippen LogP contribution in [0.5, 0.6) is 0 Å². The van der Waals surface area contributed by atoms with Crippen molar-refractivity contribution < 1.29 is 18.3 Å². The molecule has 1 N–H and O–H groups in total. The quantitative estimate of drug-likeness (QED) is 0.622. The zero-order valence-electron chi connectivity index (χ0n) is 11.1. The standard InChI is InChI=1S/C16H9F3OS2/c17-11-4-3-8-10(13(11)19)6-21-16-9(14(8)20)2-1-7-5-12(18)22-15(7)16/h1-5,14,20H,6H2. The number of hydrogen-bond donors (Lipinski definition) is 1. The molecule has 0 bridgehead atoms. The van der Waals surface area contributed by atoms with Crippen LogP contribution in [0, 0.1) is 16.8 Å². The number of halogens is 3. The summed E-state index contributed by atoms with van der Waals surface area (Å²) in [5, 5.41) is 11.0. The van der Waals surface area contributed by atoms with Gasteiger partial charge in [-0.2, -0.15) is 4.39 Å². The summed E-state index contributed by atoms with van der Waals surface area (Å²) in [6.07, 6.45) is -1.05. The van der Waals surface area contributed by atoms with Crippen LogP contribution >= 0.6 is 23.1 Å². The van der Waals surface area contributed by atoms with Crippen LogP contribution in [-0.4, -0.2) is 5.11 Å². The molecular weight excluding hydrogens is 329 g/mol. The zero-order chi connectivity index (χ0) is 15.4. The number of aliphatic hydroxyl groups excluding tert-OH is 1. The third-order valence-corrected chi connectivity index (χ3v) is 6.07. The monoisotopic (exact) mass is 338 g/mol. The topological polar surface area (TPSA) is 20.2 Å². The molecule has 1 aromatic heterocycles. The van der Waals surface area contributed by atoms with E-state index in [4.69, 9.17) is 0 Å². The summed E-state index contributed by atoms with van der Waals surface area (Å²) in [5.41, 5.74) is 1.13. The number of rotatable bonds is 0. The average Bonchev–Trinajstić information content (AvgIpc) is 2.81. The first-order chi connectivity index (χ1) is 10.6. The van der Waals surface area contributed by atoms with Crippen LogP contribution < -0.4 is 0 Å². The molecule has 0 aliphatic carbocycles. The van der Waals surface area contributed by atoms with Crippen LogP contribution in [0.1, 0.15) is 22.8 Å². The van der Waals surface area contributed by atoms with E-state index in [1.165, 1.54) is 23.9 Å². The van der Waals surface area contributed by atoms with Crippen LogP contribution in [0.25, 0.3) is 10.1 Å². The number of thioether (sulfide) groups is 1. The van der Waals surface area contributed by atoms with Crippen molar-refractivity contribution in [3.8, 4) is 0 Å². The number of hydrogen-bond acceptors (Lipinski definition) is 3. The van der Waals surface area contributed by atoms with Crippen molar-refractivity contribution in [3.63, 3.8) is 0 Å². The highest BCUT2D eigenvalue weighted by Crippen LogP contribution is 2.45. The van der Waals surface area contributed by atoms with Gasteiger partial charge in [-0.3, -0.25) is 0 Å². The predicted octanol–water partition coefficient (Wildman–Crippen LogP) is 5.01. The zero-order valence-corrected chi connectivity index (χ0v) is 12.7. The Bertz CT molecular complexity index is 904. The highest BCUT2D eigenvalue weighted by molar-refractivity contribution is 7.99. The second-order valence-corrected chi connectivity index (χ2v) is 7.06. The van der Waals surface area contributed by atoms with Gasteiger partial charge in [0.25, 0.3) is 0 Å². The van der Waals surface area contributed by atoms with Crippen molar-refractivity contribution in [2.75, 3.05) is 0 Å². The van der Waals surface area contributed by atoms with Gasteiger partial charge in [0.15, 0.2) is 16.8 Å². The van der Waals surface area contributed by atoms with Crippen molar-refractivity contribution in [2.45, 2.75) is 16.8 Å². The molecule has 1 unspecified atom stereocenters. The smallest absolute Gasteiger partial charge is 0.177 e. The Balaban J connectivity index is 1.97. The molecule has 2 aromatic carbocycles. The van der Waals surface area contributed by atoms with Crippen LogP contribution in [0.2, 0.25) is 0 Å². The Kier molecular flexibility index (Phi) is 3.21. The lowest BCUT2D eigenvalue weighted by Gasteiger charge is -2.14. The number of fused-ring (bicyclic) bond motifs is 4. The molecular formula is C16H9F3OS2. The number of aliphatic hydroxyl groups is 1. The fourth-order valence-corrected chi connectivity index (χ4v) is 5.06. The molecule has 22 heavy (non-hydrogen) atoms. The molecule has 0 amide bonds. The summed E-state index contributed by atoms with van der Waals surface area (Å²) < 4.78 is 41.7. The van der Waals surface area contributed by atoms with Crippen LogP contribution in [0.15, 0.2) is 35.2 Å². The van der Waals surface area contributed by atoms with Gasteiger partial charge >= 0.3 is 0 Å². The normalized spacial score (nSPS) is 17.2. The van der Waals surface area contributed by atoms with Crippen molar-refractivity contribution in [1.82, 2.24) is 0 Å². The van der Waals surface area contributed by atoms with Crippen molar-refractivity contribution in [2.24, 2.45) is 0 Å². The van der Waals surface area contributed by atoms with Gasteiger partial charge in [-0.15, -0.1) is 23.1 Å². The first-order valence-corrected chi connectivity index (χ1v) is 8.36. The van der Waals surface area contributed by atoms with Gasteiger partial charge < -0.3 is 5.11 Å². The summed E-state index contributed by atoms with van der Waals surface area (Å²) in [6.45, 7) is 0. The summed E-state index contributed by atoms with van der Waals surface area (Å²) in [5.74, 6) is -1.66. The van der Waals surface area contributed by atoms with Gasteiger partial charge in [-0.1, -0.05) is 18.2 Å². The molecule has 3 aromatic rings. The van der Waals surface area contributed by atoms with Crippen molar-refractivity contribution >= 4 is 33.2 Å². The number of thiophene rings is 1. The highest BCUT2D eigenvalue weighted by Gasteiger charge is 2.27. The van der Waals surface area contributed by atoms with Gasteiger partial charge in [0, 0.05) is 21.8 Å². The molecule has 6 heteroatoms. The minimum absolute atomic E-state index is 0.166. The number of benzene rings is 2. The van der Waals surface area contributed by atoms with Gasteiger partial charge in [0.05, 0.1) is 4.70 Å². The Morgan fingerprint density at radius 1 is 1.05 bits per heavy atom. The van der Waals surface area contributed by atoms with Gasteiger partial charge in [-0.25, -0.2) is 8.78 Å². The minimum Gasteiger partial charge on any atom is -0.384 e. The molecule has 4 rings (SSSR count). The lowest BCUT2D eigenvalue weighted by molar-refractivity contribution is 0.216. The van der Waals surface area contributed by atoms with E-state index in [0.29, 0.717) is 11.1 Å². The molecule has 0 saturated heterocycles. The van der Waals surface area contributed by atoms with Crippen LogP contribution in [0.3, 0.4) is 0 Å². The SMILES string of the molecule is OC1c2ccc(F)c(F)c2CSc2c1ccc1cc(F)sc21. The van der Waals surface area contributed by atoms with Gasteiger partial charge in [0.1, 0.15) is 6.10 Å². The Morgan fingerprint density at radius 3 is 2.64 bits per heavy atom. The summed E-state index contributed by atoms with van der Waals surface area (Å²) in [7, 11) is 0. The van der Waals surface area contributed by atoms with E-state index in [9.17, 15) is 18.3 Å². The molecule has 1 atom stereocenters. The minimum atomic E-state index is -1.05. The van der Waals surface area contributed by atoms with Crippen LogP contribution in [0.4, 0.5) is 13.2 Å². The Labute approximate surface area is 132 Å². The Hall–Kier alpha value is -1.50. The van der Waals surface area contributed by atoms with E-state index in [0.717, 1.165) is 32.4 Å². The first-order valence-electron chi connectivity index (χ1n) is 6.56. The first kappa shape index (κ1) is 14.1. The van der Waals surface area contributed by atoms with E-state index in [1.54, 1.807) is 12.1 Å². The predicted molar refractivity (Wildman–Crippen MR) is 81.8 cm³/mol. The molecule has 0 spiro atoms. The third-order valence-electron chi connectivity index (χ3n) is 3.82. The molecule has 0 fully saturated rings. The second kappa shape index (κ2) is 5.01. The van der Waals surface area contributed by atoms with E-state index in [1.807, 2.05) is 0 Å². The summed E-state index contributed by atoms with van der Waals surface area (Å²) >= 11 is 2.30. The van der Waals surface area contributed by atoms with E-state index in [2.05, 4.69) is 0 Å². The highest BCUT2D eigenvalue weighted by atomic mass is 32.2. The van der Waals surface area contributed by atoms with E-state index in [-0.39, 0.29) is 16.4 Å².